The van der Waals surface area contributed by atoms with E-state index in [2.05, 4.69) is 123 Å². The number of allylic oxidation sites excluding steroid dienone is 4. The van der Waals surface area contributed by atoms with Crippen molar-refractivity contribution in [3.63, 3.8) is 0 Å². The van der Waals surface area contributed by atoms with E-state index in [1.807, 2.05) is 34.8 Å². The van der Waals surface area contributed by atoms with Crippen molar-refractivity contribution in [3.05, 3.63) is 133 Å². The van der Waals surface area contributed by atoms with Gasteiger partial charge in [0.1, 0.15) is 0 Å². The van der Waals surface area contributed by atoms with Crippen LogP contribution in [0.3, 0.4) is 0 Å². The molecule has 0 N–H and O–H groups in total. The summed E-state index contributed by atoms with van der Waals surface area (Å²) in [7, 11) is 0. The first-order chi connectivity index (χ1) is 20.5. The summed E-state index contributed by atoms with van der Waals surface area (Å²) in [5, 5.41) is 8.07. The van der Waals surface area contributed by atoms with Crippen LogP contribution in [-0.2, 0) is 5.41 Å². The number of fused-ring (bicyclic) bond motifs is 13. The highest BCUT2D eigenvalue weighted by Crippen LogP contribution is 2.53. The first kappa shape index (κ1) is 24.2. The maximum absolute atomic E-state index is 4.17. The molecule has 0 saturated heterocycles. The molecular formula is C39H27NS2. The van der Waals surface area contributed by atoms with Crippen molar-refractivity contribution in [2.45, 2.75) is 19.3 Å². The van der Waals surface area contributed by atoms with Crippen LogP contribution in [0.15, 0.2) is 122 Å². The number of nitrogens with zero attached hydrogens (tertiary/aromatic N) is 1. The van der Waals surface area contributed by atoms with Gasteiger partial charge in [-0.15, -0.1) is 22.7 Å². The predicted octanol–water partition coefficient (Wildman–Crippen LogP) is 11.9. The highest BCUT2D eigenvalue weighted by atomic mass is 32.1. The van der Waals surface area contributed by atoms with E-state index in [0.29, 0.717) is 0 Å². The summed E-state index contributed by atoms with van der Waals surface area (Å²) in [5.74, 6) is 0. The quantitative estimate of drug-likeness (QED) is 0.198. The fourth-order valence-electron chi connectivity index (χ4n) is 7.53. The summed E-state index contributed by atoms with van der Waals surface area (Å²) in [6.45, 7) is 12.9. The van der Waals surface area contributed by atoms with E-state index in [9.17, 15) is 0 Å². The van der Waals surface area contributed by atoms with Gasteiger partial charge in [-0.25, -0.2) is 0 Å². The van der Waals surface area contributed by atoms with Gasteiger partial charge in [-0.3, -0.25) is 0 Å². The first-order valence-electron chi connectivity index (χ1n) is 14.4. The fraction of sp³-hybridized carbons (Fsp3) is 0.0769. The Morgan fingerprint density at radius 3 is 1.98 bits per heavy atom. The van der Waals surface area contributed by atoms with Gasteiger partial charge in [0.2, 0.25) is 0 Å². The molecule has 0 saturated carbocycles. The summed E-state index contributed by atoms with van der Waals surface area (Å²) >= 11 is 3.86. The molecule has 3 heteroatoms. The number of para-hydroxylation sites is 1. The molecule has 0 spiro atoms. The van der Waals surface area contributed by atoms with Crippen molar-refractivity contribution in [1.82, 2.24) is 4.57 Å². The maximum Gasteiger partial charge on any atom is 0.0641 e. The van der Waals surface area contributed by atoms with Gasteiger partial charge in [0.15, 0.2) is 0 Å². The predicted molar refractivity (Wildman–Crippen MR) is 187 cm³/mol. The van der Waals surface area contributed by atoms with Gasteiger partial charge in [-0.05, 0) is 52.6 Å². The van der Waals surface area contributed by atoms with Crippen LogP contribution >= 0.6 is 22.7 Å². The van der Waals surface area contributed by atoms with Crippen molar-refractivity contribution in [3.8, 4) is 5.69 Å². The second-order valence-corrected chi connectivity index (χ2v) is 13.9. The zero-order valence-electron chi connectivity index (χ0n) is 23.5. The van der Waals surface area contributed by atoms with Crippen LogP contribution in [0.1, 0.15) is 25.0 Å². The third-order valence-corrected chi connectivity index (χ3v) is 11.9. The molecule has 0 unspecified atom stereocenters. The van der Waals surface area contributed by atoms with Crippen LogP contribution in [0.5, 0.6) is 0 Å². The molecule has 9 rings (SSSR count). The Hall–Kier alpha value is -4.44. The van der Waals surface area contributed by atoms with Crippen molar-refractivity contribution in [2.24, 2.45) is 0 Å². The fourth-order valence-corrected chi connectivity index (χ4v) is 10.1. The molecule has 1 aliphatic carbocycles. The van der Waals surface area contributed by atoms with Crippen LogP contribution in [-0.4, -0.2) is 4.57 Å². The lowest BCUT2D eigenvalue weighted by Gasteiger charge is -2.23. The minimum atomic E-state index is -0.156. The van der Waals surface area contributed by atoms with Gasteiger partial charge in [-0.1, -0.05) is 99.8 Å². The maximum atomic E-state index is 4.17. The van der Waals surface area contributed by atoms with Gasteiger partial charge in [0.25, 0.3) is 0 Å². The van der Waals surface area contributed by atoms with Crippen LogP contribution in [0.4, 0.5) is 0 Å². The van der Waals surface area contributed by atoms with E-state index in [1.165, 1.54) is 90.1 Å². The lowest BCUT2D eigenvalue weighted by molar-refractivity contribution is 0.654. The van der Waals surface area contributed by atoms with Gasteiger partial charge in [0, 0.05) is 52.8 Å². The largest absolute Gasteiger partial charge is 0.309 e. The van der Waals surface area contributed by atoms with E-state index in [1.54, 1.807) is 0 Å². The molecule has 200 valence electrons. The number of thiophene rings is 2. The SMILES string of the molecule is C=CC1=C(C=C)C(C)(C)c2cc(-n3c4ccccc4c4c5c6ccccc6sc5c5sc6ccccc6c5c43)ccc21. The smallest absolute Gasteiger partial charge is 0.0641 e. The molecular weight excluding hydrogens is 547 g/mol. The zero-order valence-corrected chi connectivity index (χ0v) is 25.1. The zero-order chi connectivity index (χ0) is 28.3. The Morgan fingerprint density at radius 2 is 1.29 bits per heavy atom. The van der Waals surface area contributed by atoms with Crippen LogP contribution < -0.4 is 0 Å². The average Bonchev–Trinajstić information content (AvgIpc) is 3.73. The molecule has 0 fully saturated rings. The second-order valence-electron chi connectivity index (χ2n) is 11.8. The Morgan fingerprint density at radius 1 is 0.667 bits per heavy atom. The minimum absolute atomic E-state index is 0.156. The highest BCUT2D eigenvalue weighted by Gasteiger charge is 2.36. The molecule has 0 radical (unpaired) electrons. The topological polar surface area (TPSA) is 4.93 Å². The Bertz CT molecular complexity index is 2530. The minimum Gasteiger partial charge on any atom is -0.309 e. The molecule has 0 amide bonds. The number of aromatic nitrogens is 1. The van der Waals surface area contributed by atoms with Gasteiger partial charge >= 0.3 is 0 Å². The summed E-state index contributed by atoms with van der Waals surface area (Å²) in [5.41, 5.74) is 8.59. The molecule has 1 nitrogen and oxygen atoms in total. The Balaban J connectivity index is 1.53. The molecule has 0 aliphatic heterocycles. The average molecular weight is 574 g/mol. The normalized spacial score (nSPS) is 14.7. The third kappa shape index (κ3) is 2.87. The highest BCUT2D eigenvalue weighted by molar-refractivity contribution is 7.33. The molecule has 5 aromatic carbocycles. The number of hydrogen-bond acceptors (Lipinski definition) is 2. The van der Waals surface area contributed by atoms with E-state index < -0.39 is 0 Å². The number of benzene rings is 5. The molecule has 0 atom stereocenters. The molecule has 3 aromatic heterocycles. The second kappa shape index (κ2) is 8.32. The van der Waals surface area contributed by atoms with Gasteiger partial charge in [-0.2, -0.15) is 0 Å². The van der Waals surface area contributed by atoms with E-state index in [4.69, 9.17) is 0 Å². The van der Waals surface area contributed by atoms with Gasteiger partial charge in [0.05, 0.1) is 20.4 Å². The molecule has 1 aliphatic rings. The number of hydrogen-bond donors (Lipinski definition) is 0. The van der Waals surface area contributed by atoms with Crippen molar-refractivity contribution in [1.29, 1.82) is 0 Å². The van der Waals surface area contributed by atoms with E-state index >= 15 is 0 Å². The lowest BCUT2D eigenvalue weighted by atomic mass is 9.81. The van der Waals surface area contributed by atoms with Crippen LogP contribution in [0, 0.1) is 0 Å². The monoisotopic (exact) mass is 573 g/mol. The number of rotatable bonds is 3. The molecule has 8 aromatic rings. The molecule has 0 bridgehead atoms. The molecule has 42 heavy (non-hydrogen) atoms. The van der Waals surface area contributed by atoms with Crippen molar-refractivity contribution >= 4 is 90.4 Å². The summed E-state index contributed by atoms with van der Waals surface area (Å²) in [6.07, 6.45) is 4.00. The van der Waals surface area contributed by atoms with E-state index in [0.717, 1.165) is 0 Å². The van der Waals surface area contributed by atoms with Crippen molar-refractivity contribution in [2.75, 3.05) is 0 Å². The van der Waals surface area contributed by atoms with Gasteiger partial charge < -0.3 is 4.57 Å². The van der Waals surface area contributed by atoms with Crippen molar-refractivity contribution < 1.29 is 0 Å². The van der Waals surface area contributed by atoms with Crippen LogP contribution in [0.25, 0.3) is 73.4 Å². The summed E-state index contributed by atoms with van der Waals surface area (Å²) in [6, 6.07) is 33.8. The Kier molecular flexibility index (Phi) is 4.79. The van der Waals surface area contributed by atoms with Crippen LogP contribution in [0.2, 0.25) is 0 Å². The lowest BCUT2D eigenvalue weighted by Crippen LogP contribution is -2.16. The Labute approximate surface area is 251 Å². The summed E-state index contributed by atoms with van der Waals surface area (Å²) in [4.78, 5) is 0. The standard InChI is InChI=1S/C39H27NS2/c1-5-23-24-20-19-22(21-29(24)39(3,4)28(23)6-2)40-30-16-10-7-13-25(30)33-34-26-14-8-11-17-31(26)41-37(34)38-35(36(33)40)27-15-9-12-18-32(27)42-38/h5-21H,1-2H2,3-4H3. The molecule has 3 heterocycles. The van der Waals surface area contributed by atoms with E-state index in [-0.39, 0.29) is 5.41 Å². The third-order valence-electron chi connectivity index (χ3n) is 9.36. The summed E-state index contributed by atoms with van der Waals surface area (Å²) < 4.78 is 7.99. The first-order valence-corrected chi connectivity index (χ1v) is 16.0.